The van der Waals surface area contributed by atoms with Gasteiger partial charge in [0, 0.05) is 17.1 Å². The van der Waals surface area contributed by atoms with Crippen LogP contribution in [-0.2, 0) is 12.7 Å². The SMILES string of the molecule is CNC1CCN(Cc2ccc(Br)cc2C(F)(F)F)CC1. The third kappa shape index (κ3) is 3.96. The molecule has 0 spiro atoms. The zero-order valence-electron chi connectivity index (χ0n) is 11.3. The monoisotopic (exact) mass is 350 g/mol. The molecule has 1 fully saturated rings. The molecule has 2 nitrogen and oxygen atoms in total. The Morgan fingerprint density at radius 3 is 2.50 bits per heavy atom. The number of nitrogens with zero attached hydrogens (tertiary/aromatic N) is 1. The highest BCUT2D eigenvalue weighted by atomic mass is 79.9. The van der Waals surface area contributed by atoms with E-state index < -0.39 is 11.7 Å². The van der Waals surface area contributed by atoms with Crippen LogP contribution < -0.4 is 5.32 Å². The van der Waals surface area contributed by atoms with E-state index in [0.29, 0.717) is 22.6 Å². The van der Waals surface area contributed by atoms with Gasteiger partial charge in [0.05, 0.1) is 5.56 Å². The van der Waals surface area contributed by atoms with Gasteiger partial charge in [-0.1, -0.05) is 22.0 Å². The average Bonchev–Trinajstić information content (AvgIpc) is 2.40. The van der Waals surface area contributed by atoms with E-state index in [9.17, 15) is 13.2 Å². The lowest BCUT2D eigenvalue weighted by molar-refractivity contribution is -0.138. The van der Waals surface area contributed by atoms with Crippen molar-refractivity contribution in [1.29, 1.82) is 0 Å². The van der Waals surface area contributed by atoms with Crippen LogP contribution in [0.4, 0.5) is 13.2 Å². The van der Waals surface area contributed by atoms with Gasteiger partial charge < -0.3 is 5.32 Å². The molecule has 1 aliphatic rings. The topological polar surface area (TPSA) is 15.3 Å². The van der Waals surface area contributed by atoms with Crippen LogP contribution >= 0.6 is 15.9 Å². The second-order valence-electron chi connectivity index (χ2n) is 5.14. The second kappa shape index (κ2) is 6.45. The number of nitrogens with one attached hydrogen (secondary N) is 1. The molecule has 0 aliphatic carbocycles. The van der Waals surface area contributed by atoms with Crippen LogP contribution in [0.15, 0.2) is 22.7 Å². The Hall–Kier alpha value is -0.590. The Labute approximate surface area is 125 Å². The maximum atomic E-state index is 13.0. The van der Waals surface area contributed by atoms with Crippen molar-refractivity contribution in [2.45, 2.75) is 31.6 Å². The van der Waals surface area contributed by atoms with Crippen molar-refractivity contribution < 1.29 is 13.2 Å². The van der Waals surface area contributed by atoms with E-state index in [1.807, 2.05) is 7.05 Å². The van der Waals surface area contributed by atoms with E-state index in [-0.39, 0.29) is 0 Å². The number of rotatable bonds is 3. The molecule has 1 saturated heterocycles. The summed E-state index contributed by atoms with van der Waals surface area (Å²) in [6.45, 7) is 2.02. The molecule has 6 heteroatoms. The molecule has 0 amide bonds. The van der Waals surface area contributed by atoms with Crippen LogP contribution in [0.25, 0.3) is 0 Å². The Morgan fingerprint density at radius 1 is 1.30 bits per heavy atom. The Kier molecular flexibility index (Phi) is 5.09. The van der Waals surface area contributed by atoms with Gasteiger partial charge in [0.1, 0.15) is 0 Å². The Balaban J connectivity index is 2.10. The van der Waals surface area contributed by atoms with Crippen molar-refractivity contribution in [1.82, 2.24) is 10.2 Å². The minimum absolute atomic E-state index is 0.351. The summed E-state index contributed by atoms with van der Waals surface area (Å²) in [7, 11) is 1.93. The van der Waals surface area contributed by atoms with E-state index in [1.165, 1.54) is 0 Å². The van der Waals surface area contributed by atoms with Crippen molar-refractivity contribution in [3.63, 3.8) is 0 Å². The lowest BCUT2D eigenvalue weighted by Crippen LogP contribution is -2.40. The summed E-state index contributed by atoms with van der Waals surface area (Å²) >= 11 is 3.11. The van der Waals surface area contributed by atoms with Crippen LogP contribution in [0, 0.1) is 0 Å². The highest BCUT2D eigenvalue weighted by molar-refractivity contribution is 9.10. The van der Waals surface area contributed by atoms with Crippen molar-refractivity contribution in [2.24, 2.45) is 0 Å². The largest absolute Gasteiger partial charge is 0.416 e. The molecule has 0 saturated carbocycles. The van der Waals surface area contributed by atoms with Gasteiger partial charge in [-0.3, -0.25) is 4.90 Å². The lowest BCUT2D eigenvalue weighted by atomic mass is 10.0. The number of halogens is 4. The third-order valence-corrected chi connectivity index (χ3v) is 4.26. The van der Waals surface area contributed by atoms with Crippen LogP contribution in [0.3, 0.4) is 0 Å². The molecule has 1 aliphatic heterocycles. The molecule has 2 rings (SSSR count). The normalized spacial score (nSPS) is 18.4. The molecule has 20 heavy (non-hydrogen) atoms. The fraction of sp³-hybridized carbons (Fsp3) is 0.571. The van der Waals surface area contributed by atoms with E-state index >= 15 is 0 Å². The second-order valence-corrected chi connectivity index (χ2v) is 6.05. The van der Waals surface area contributed by atoms with Crippen molar-refractivity contribution in [3.8, 4) is 0 Å². The Morgan fingerprint density at radius 2 is 1.95 bits per heavy atom. The van der Waals surface area contributed by atoms with E-state index in [1.54, 1.807) is 12.1 Å². The molecule has 0 unspecified atom stereocenters. The van der Waals surface area contributed by atoms with Gasteiger partial charge >= 0.3 is 6.18 Å². The summed E-state index contributed by atoms with van der Waals surface area (Å²) in [5.41, 5.74) is -0.189. The smallest absolute Gasteiger partial charge is 0.317 e. The summed E-state index contributed by atoms with van der Waals surface area (Å²) in [6, 6.07) is 4.88. The molecule has 0 radical (unpaired) electrons. The number of hydrogen-bond donors (Lipinski definition) is 1. The molecule has 0 bridgehead atoms. The van der Waals surface area contributed by atoms with Gasteiger partial charge in [0.15, 0.2) is 0 Å². The quantitative estimate of drug-likeness (QED) is 0.894. The molecule has 1 aromatic rings. The fourth-order valence-electron chi connectivity index (χ4n) is 2.57. The first-order valence-electron chi connectivity index (χ1n) is 6.65. The van der Waals surface area contributed by atoms with Gasteiger partial charge in [0.25, 0.3) is 0 Å². The number of likely N-dealkylation sites (tertiary alicyclic amines) is 1. The maximum Gasteiger partial charge on any atom is 0.416 e. The van der Waals surface area contributed by atoms with Crippen molar-refractivity contribution in [3.05, 3.63) is 33.8 Å². The molecule has 1 heterocycles. The zero-order chi connectivity index (χ0) is 14.8. The molecule has 0 atom stereocenters. The highest BCUT2D eigenvalue weighted by Crippen LogP contribution is 2.34. The summed E-state index contributed by atoms with van der Waals surface area (Å²) in [5, 5.41) is 3.22. The lowest BCUT2D eigenvalue weighted by Gasteiger charge is -2.32. The molecule has 1 N–H and O–H groups in total. The van der Waals surface area contributed by atoms with Gasteiger partial charge in [0.2, 0.25) is 0 Å². The first kappa shape index (κ1) is 15.8. The summed E-state index contributed by atoms with van der Waals surface area (Å²) < 4.78 is 39.6. The standard InChI is InChI=1S/C14H18BrF3N2/c1-19-12-4-6-20(7-5-12)9-10-2-3-11(15)8-13(10)14(16,17)18/h2-3,8,12,19H,4-7,9H2,1H3. The number of hydrogen-bond acceptors (Lipinski definition) is 2. The van der Waals surface area contributed by atoms with Gasteiger partial charge in [-0.2, -0.15) is 13.2 Å². The van der Waals surface area contributed by atoms with Crippen LogP contribution in [-0.4, -0.2) is 31.1 Å². The minimum atomic E-state index is -4.30. The van der Waals surface area contributed by atoms with Gasteiger partial charge in [-0.05, 0) is 50.7 Å². The molecular weight excluding hydrogens is 333 g/mol. The molecular formula is C14H18BrF3N2. The van der Waals surface area contributed by atoms with Crippen molar-refractivity contribution in [2.75, 3.05) is 20.1 Å². The van der Waals surface area contributed by atoms with E-state index in [2.05, 4.69) is 26.1 Å². The fourth-order valence-corrected chi connectivity index (χ4v) is 2.93. The first-order valence-corrected chi connectivity index (χ1v) is 7.44. The predicted octanol–water partition coefficient (Wildman–Crippen LogP) is 3.65. The van der Waals surface area contributed by atoms with Crippen LogP contribution in [0.2, 0.25) is 0 Å². The summed E-state index contributed by atoms with van der Waals surface area (Å²) in [4.78, 5) is 2.09. The average molecular weight is 351 g/mol. The van der Waals surface area contributed by atoms with Crippen molar-refractivity contribution >= 4 is 15.9 Å². The number of piperidine rings is 1. The molecule has 1 aromatic carbocycles. The third-order valence-electron chi connectivity index (χ3n) is 3.77. The molecule has 112 valence electrons. The summed E-state index contributed by atoms with van der Waals surface area (Å²) in [5.74, 6) is 0. The minimum Gasteiger partial charge on any atom is -0.317 e. The highest BCUT2D eigenvalue weighted by Gasteiger charge is 2.34. The van der Waals surface area contributed by atoms with Crippen LogP contribution in [0.1, 0.15) is 24.0 Å². The number of benzene rings is 1. The van der Waals surface area contributed by atoms with Crippen LogP contribution in [0.5, 0.6) is 0 Å². The summed E-state index contributed by atoms with van der Waals surface area (Å²) in [6.07, 6.45) is -2.34. The van der Waals surface area contributed by atoms with E-state index in [0.717, 1.165) is 32.0 Å². The van der Waals surface area contributed by atoms with E-state index in [4.69, 9.17) is 0 Å². The number of alkyl halides is 3. The van der Waals surface area contributed by atoms with Gasteiger partial charge in [-0.15, -0.1) is 0 Å². The predicted molar refractivity (Wildman–Crippen MR) is 76.5 cm³/mol. The van der Waals surface area contributed by atoms with Gasteiger partial charge in [-0.25, -0.2) is 0 Å². The Bertz CT molecular complexity index is 454. The first-order chi connectivity index (χ1) is 9.40. The maximum absolute atomic E-state index is 13.0. The zero-order valence-corrected chi connectivity index (χ0v) is 12.9. The molecule has 0 aromatic heterocycles.